The van der Waals surface area contributed by atoms with Crippen LogP contribution in [0.1, 0.15) is 117 Å². The molecule has 2 amide bonds. The van der Waals surface area contributed by atoms with Crippen LogP contribution < -0.4 is 0 Å². The number of hydrogen-bond donors (Lipinski definition) is 0. The zero-order valence-electron chi connectivity index (χ0n) is 24.9. The highest BCUT2D eigenvalue weighted by Gasteiger charge is 2.60. The van der Waals surface area contributed by atoms with Gasteiger partial charge in [-0.2, -0.15) is 5.26 Å². The minimum Gasteiger partial charge on any atom is -0.458 e. The van der Waals surface area contributed by atoms with E-state index in [2.05, 4.69) is 32.9 Å². The molecule has 6 heteroatoms. The minimum absolute atomic E-state index is 0.00174. The summed E-state index contributed by atoms with van der Waals surface area (Å²) in [4.78, 5) is 42.1. The zero-order valence-corrected chi connectivity index (χ0v) is 24.9. The summed E-state index contributed by atoms with van der Waals surface area (Å²) < 4.78 is 6.47. The van der Waals surface area contributed by atoms with Crippen molar-refractivity contribution < 1.29 is 19.1 Å². The van der Waals surface area contributed by atoms with Crippen LogP contribution in [0.2, 0.25) is 0 Å². The Morgan fingerprint density at radius 3 is 2.33 bits per heavy atom. The topological polar surface area (TPSA) is 87.5 Å². The summed E-state index contributed by atoms with van der Waals surface area (Å²) in [6.07, 6.45) is 17.4. The number of carbonyl (C=O) groups excluding carboxylic acids is 3. The summed E-state index contributed by atoms with van der Waals surface area (Å²) in [5.41, 5.74) is 1.75. The number of carbonyl (C=O) groups is 3. The first-order valence-electron chi connectivity index (χ1n) is 16.0. The molecule has 0 aromatic rings. The first-order chi connectivity index (χ1) is 19.2. The average molecular weight is 549 g/mol. The van der Waals surface area contributed by atoms with Gasteiger partial charge in [0.15, 0.2) is 0 Å². The molecule has 0 bridgehead atoms. The molecule has 3 fully saturated rings. The predicted octanol–water partition coefficient (Wildman–Crippen LogP) is 7.05. The molecular weight excluding hydrogens is 500 g/mol. The Morgan fingerprint density at radius 2 is 1.68 bits per heavy atom. The molecule has 0 saturated heterocycles. The third kappa shape index (κ3) is 5.30. The number of ether oxygens (including phenoxy) is 1. The van der Waals surface area contributed by atoms with E-state index in [-0.39, 0.29) is 58.4 Å². The van der Waals surface area contributed by atoms with Gasteiger partial charge in [0.25, 0.3) is 5.91 Å². The first kappa shape index (κ1) is 29.1. The lowest BCUT2D eigenvalue weighted by atomic mass is 9.45. The van der Waals surface area contributed by atoms with Gasteiger partial charge in [-0.25, -0.2) is 0 Å². The van der Waals surface area contributed by atoms with Gasteiger partial charge < -0.3 is 4.74 Å². The summed E-state index contributed by atoms with van der Waals surface area (Å²) >= 11 is 0. The van der Waals surface area contributed by atoms with E-state index < -0.39 is 0 Å². The van der Waals surface area contributed by atoms with E-state index in [1.54, 1.807) is 6.08 Å². The molecule has 3 saturated carbocycles. The molecule has 5 atom stereocenters. The normalized spacial score (nSPS) is 35.4. The van der Waals surface area contributed by atoms with Crippen LogP contribution in [0.25, 0.3) is 0 Å². The molecule has 0 aromatic carbocycles. The van der Waals surface area contributed by atoms with Gasteiger partial charge in [-0.15, -0.1) is 0 Å². The van der Waals surface area contributed by atoms with Crippen LogP contribution in [0.5, 0.6) is 0 Å². The minimum atomic E-state index is -0.385. The first-order valence-corrected chi connectivity index (χ1v) is 16.0. The highest BCUT2D eigenvalue weighted by Crippen LogP contribution is 2.64. The summed E-state index contributed by atoms with van der Waals surface area (Å²) in [6, 6.07) is 2.35. The smallest absolute Gasteiger partial charge is 0.309 e. The van der Waals surface area contributed by atoms with Gasteiger partial charge in [-0.1, -0.05) is 63.5 Å². The lowest BCUT2D eigenvalue weighted by Gasteiger charge is -2.60. The van der Waals surface area contributed by atoms with Crippen molar-refractivity contribution in [3.8, 4) is 6.07 Å². The van der Waals surface area contributed by atoms with Crippen molar-refractivity contribution in [3.05, 3.63) is 23.3 Å². The predicted molar refractivity (Wildman–Crippen MR) is 153 cm³/mol. The molecule has 4 aliphatic carbocycles. The number of fused-ring (bicyclic) bond motifs is 3. The monoisotopic (exact) mass is 548 g/mol. The van der Waals surface area contributed by atoms with Crippen LogP contribution in [-0.4, -0.2) is 35.3 Å². The number of hydrogen-bond acceptors (Lipinski definition) is 5. The molecule has 0 spiro atoms. The van der Waals surface area contributed by atoms with E-state index in [0.29, 0.717) is 19.4 Å². The molecule has 6 nitrogen and oxygen atoms in total. The van der Waals surface area contributed by atoms with Crippen LogP contribution >= 0.6 is 0 Å². The Balaban J connectivity index is 1.48. The van der Waals surface area contributed by atoms with E-state index in [1.807, 2.05) is 0 Å². The highest BCUT2D eigenvalue weighted by molar-refractivity contribution is 6.02. The summed E-state index contributed by atoms with van der Waals surface area (Å²) in [5.74, 6) is -0.123. The van der Waals surface area contributed by atoms with Crippen molar-refractivity contribution in [2.24, 2.45) is 34.5 Å². The van der Waals surface area contributed by atoms with Gasteiger partial charge in [0, 0.05) is 30.9 Å². The fourth-order valence-electron chi connectivity index (χ4n) is 9.35. The molecule has 5 aliphatic rings. The summed E-state index contributed by atoms with van der Waals surface area (Å²) in [6.45, 7) is 7.13. The number of nitrogens with zero attached hydrogens (tertiary/aromatic N) is 2. The van der Waals surface area contributed by atoms with Crippen LogP contribution in [-0.2, 0) is 19.1 Å². The third-order valence-corrected chi connectivity index (χ3v) is 11.5. The second-order valence-electron chi connectivity index (χ2n) is 13.9. The second-order valence-corrected chi connectivity index (χ2v) is 13.9. The Kier molecular flexibility index (Phi) is 8.60. The van der Waals surface area contributed by atoms with E-state index in [4.69, 9.17) is 4.74 Å². The highest BCUT2D eigenvalue weighted by atomic mass is 16.5. The lowest BCUT2D eigenvalue weighted by molar-refractivity contribution is -0.166. The Hall–Kier alpha value is -2.42. The van der Waals surface area contributed by atoms with E-state index in [9.17, 15) is 19.6 Å². The molecule has 40 heavy (non-hydrogen) atoms. The second kappa shape index (κ2) is 11.8. The molecule has 1 heterocycles. The maximum Gasteiger partial charge on any atom is 0.309 e. The number of imide groups is 1. The molecule has 218 valence electrons. The molecule has 0 N–H and O–H groups in total. The largest absolute Gasteiger partial charge is 0.458 e. The van der Waals surface area contributed by atoms with Crippen molar-refractivity contribution in [3.63, 3.8) is 0 Å². The molecule has 0 aromatic heterocycles. The summed E-state index contributed by atoms with van der Waals surface area (Å²) in [5, 5.41) is 9.45. The fourth-order valence-corrected chi connectivity index (χ4v) is 9.35. The van der Waals surface area contributed by atoms with Crippen molar-refractivity contribution in [2.45, 2.75) is 123 Å². The number of rotatable bonds is 5. The standard InChI is InChI=1S/C34H48N2O4/c1-23-21-28(40-32(39)25-13-8-5-9-14-25)30-33(2)18-20-36(31(38)24-11-6-4-7-12-24)29(37)22-26(33)16-17-34(30,3)27(23)15-10-19-35/h21-22,24-25,27-28,30H,4-18,20H2,1-3H3/t27-,28-,30-,33?,34+/m1/s1. The fraction of sp³-hybridized carbons (Fsp3) is 0.765. The van der Waals surface area contributed by atoms with Gasteiger partial charge in [0.05, 0.1) is 12.0 Å². The van der Waals surface area contributed by atoms with Crippen LogP contribution in [0.3, 0.4) is 0 Å². The molecular formula is C34H48N2O4. The van der Waals surface area contributed by atoms with Gasteiger partial charge in [-0.05, 0) is 81.1 Å². The Labute approximate surface area is 240 Å². The van der Waals surface area contributed by atoms with E-state index in [1.165, 1.54) is 23.3 Å². The zero-order chi connectivity index (χ0) is 28.5. The lowest BCUT2D eigenvalue weighted by Crippen LogP contribution is -2.57. The van der Waals surface area contributed by atoms with Crippen molar-refractivity contribution in [1.82, 2.24) is 4.90 Å². The Bertz CT molecular complexity index is 1110. The van der Waals surface area contributed by atoms with E-state index >= 15 is 0 Å². The molecule has 1 aliphatic heterocycles. The van der Waals surface area contributed by atoms with Gasteiger partial charge in [0.1, 0.15) is 6.10 Å². The number of amides is 2. The maximum atomic E-state index is 13.6. The number of esters is 1. The quantitative estimate of drug-likeness (QED) is 0.209. The van der Waals surface area contributed by atoms with Crippen LogP contribution in [0.15, 0.2) is 23.3 Å². The molecule has 1 unspecified atom stereocenters. The van der Waals surface area contributed by atoms with Gasteiger partial charge in [0.2, 0.25) is 5.91 Å². The molecule has 5 rings (SSSR count). The van der Waals surface area contributed by atoms with Crippen molar-refractivity contribution in [2.75, 3.05) is 6.54 Å². The third-order valence-electron chi connectivity index (χ3n) is 11.5. The van der Waals surface area contributed by atoms with Crippen LogP contribution in [0.4, 0.5) is 0 Å². The SMILES string of the molecule is CC1=C[C@@H](OC(=O)C2CCCCC2)[C@@H]2C3(C)CCN(C(=O)C4CCCCC4)C(=O)C=C3CC[C@@]2(C)[C@@H]1CCC#N. The molecule has 0 radical (unpaired) electrons. The van der Waals surface area contributed by atoms with Crippen molar-refractivity contribution >= 4 is 17.8 Å². The van der Waals surface area contributed by atoms with Gasteiger partial charge in [-0.3, -0.25) is 19.3 Å². The summed E-state index contributed by atoms with van der Waals surface area (Å²) in [7, 11) is 0. The van der Waals surface area contributed by atoms with Crippen molar-refractivity contribution in [1.29, 1.82) is 5.26 Å². The maximum absolute atomic E-state index is 13.6. The Morgan fingerprint density at radius 1 is 1.02 bits per heavy atom. The van der Waals surface area contributed by atoms with E-state index in [0.717, 1.165) is 76.2 Å². The average Bonchev–Trinajstić information content (AvgIpc) is 3.08. The van der Waals surface area contributed by atoms with Crippen LogP contribution in [0, 0.1) is 45.8 Å². The van der Waals surface area contributed by atoms with Gasteiger partial charge >= 0.3 is 5.97 Å². The number of nitriles is 1. The number of allylic oxidation sites excluding steroid dienone is 2.